The van der Waals surface area contributed by atoms with Gasteiger partial charge in [0.2, 0.25) is 20.0 Å². The van der Waals surface area contributed by atoms with Gasteiger partial charge in [-0.25, -0.2) is 16.8 Å². The highest BCUT2D eigenvalue weighted by Gasteiger charge is 2.21. The number of allylic oxidation sites excluding steroid dienone is 1. The molecule has 0 heterocycles. The Labute approximate surface area is 276 Å². The molecule has 0 atom stereocenters. The van der Waals surface area contributed by atoms with Crippen molar-refractivity contribution < 1.29 is 36.9 Å². The zero-order chi connectivity index (χ0) is 34.7. The summed E-state index contributed by atoms with van der Waals surface area (Å²) in [6.45, 7) is 12.7. The number of benzene rings is 4. The molecule has 0 saturated heterocycles. The predicted octanol–water partition coefficient (Wildman–Crippen LogP) is 8.00. The van der Waals surface area contributed by atoms with Gasteiger partial charge in [0.1, 0.15) is 28.7 Å². The summed E-state index contributed by atoms with van der Waals surface area (Å²) < 4.78 is 62.0. The number of hydrogen-bond acceptors (Lipinski definition) is 8. The molecule has 0 spiro atoms. The molecule has 0 amide bonds. The van der Waals surface area contributed by atoms with Crippen LogP contribution >= 0.6 is 0 Å². The first-order valence-corrected chi connectivity index (χ1v) is 18.4. The number of aromatic hydroxyl groups is 3. The minimum atomic E-state index is -3.78. The monoisotopic (exact) mass is 680 g/mol. The van der Waals surface area contributed by atoms with Crippen LogP contribution in [0, 0.1) is 0 Å². The fourth-order valence-corrected chi connectivity index (χ4v) is 6.84. The third-order valence-electron chi connectivity index (χ3n) is 7.43. The van der Waals surface area contributed by atoms with Crippen LogP contribution < -0.4 is 14.2 Å². The normalized spacial score (nSPS) is 11.8. The van der Waals surface area contributed by atoms with Crippen molar-refractivity contribution in [3.63, 3.8) is 0 Å². The number of sulfonamides is 2. The van der Waals surface area contributed by atoms with E-state index in [2.05, 4.69) is 16.0 Å². The highest BCUT2D eigenvalue weighted by Crippen LogP contribution is 2.45. The second kappa shape index (κ2) is 14.0. The van der Waals surface area contributed by atoms with Crippen LogP contribution in [-0.2, 0) is 20.0 Å². The SMILES string of the molecule is C=C(C)c1cc(-c2ccc(Oc3cc(O)c(-c4ccccc4NS(=O)(=O)CC)cc3C(C)C)cc2NS(=O)(=O)CCC)c(O)cc1O. The van der Waals surface area contributed by atoms with Crippen LogP contribution in [0.2, 0.25) is 0 Å². The van der Waals surface area contributed by atoms with Gasteiger partial charge < -0.3 is 20.1 Å². The Bertz CT molecular complexity index is 2040. The molecule has 4 aromatic rings. The summed E-state index contributed by atoms with van der Waals surface area (Å²) in [6, 6.07) is 17.3. The van der Waals surface area contributed by atoms with E-state index in [4.69, 9.17) is 4.74 Å². The Morgan fingerprint density at radius 1 is 0.766 bits per heavy atom. The van der Waals surface area contributed by atoms with Crippen molar-refractivity contribution in [1.29, 1.82) is 0 Å². The van der Waals surface area contributed by atoms with E-state index in [1.807, 2.05) is 13.8 Å². The van der Waals surface area contributed by atoms with E-state index in [1.54, 1.807) is 56.3 Å². The fourth-order valence-electron chi connectivity index (χ4n) is 5.04. The van der Waals surface area contributed by atoms with Gasteiger partial charge >= 0.3 is 0 Å². The topological polar surface area (TPSA) is 162 Å². The van der Waals surface area contributed by atoms with E-state index >= 15 is 0 Å². The van der Waals surface area contributed by atoms with Gasteiger partial charge in [-0.2, -0.15) is 0 Å². The second-order valence-electron chi connectivity index (χ2n) is 11.5. The van der Waals surface area contributed by atoms with E-state index in [9.17, 15) is 32.2 Å². The van der Waals surface area contributed by atoms with Crippen molar-refractivity contribution in [2.75, 3.05) is 20.9 Å². The highest BCUT2D eigenvalue weighted by molar-refractivity contribution is 7.92. The molecule has 250 valence electrons. The lowest BCUT2D eigenvalue weighted by atomic mass is 9.94. The minimum Gasteiger partial charge on any atom is -0.507 e. The largest absolute Gasteiger partial charge is 0.507 e. The van der Waals surface area contributed by atoms with Crippen molar-refractivity contribution in [2.45, 2.75) is 47.0 Å². The Morgan fingerprint density at radius 3 is 2.02 bits per heavy atom. The minimum absolute atomic E-state index is 0.0971. The lowest BCUT2D eigenvalue weighted by Crippen LogP contribution is -2.16. The smallest absolute Gasteiger partial charge is 0.232 e. The number of ether oxygens (including phenoxy) is 1. The lowest BCUT2D eigenvalue weighted by Gasteiger charge is -2.20. The van der Waals surface area contributed by atoms with Gasteiger partial charge in [-0.1, -0.05) is 45.5 Å². The van der Waals surface area contributed by atoms with E-state index in [0.717, 1.165) is 0 Å². The zero-order valence-corrected chi connectivity index (χ0v) is 28.6. The molecule has 47 heavy (non-hydrogen) atoms. The van der Waals surface area contributed by atoms with Crippen LogP contribution in [-0.4, -0.2) is 43.7 Å². The molecule has 12 heteroatoms. The molecule has 4 aromatic carbocycles. The highest BCUT2D eigenvalue weighted by atomic mass is 32.2. The number of para-hydroxylation sites is 1. The third-order valence-corrected chi connectivity index (χ3v) is 10.2. The van der Waals surface area contributed by atoms with Crippen molar-refractivity contribution in [1.82, 2.24) is 0 Å². The van der Waals surface area contributed by atoms with Gasteiger partial charge in [-0.05, 0) is 67.7 Å². The number of phenolic OH excluding ortho intramolecular Hbond substituents is 3. The molecular formula is C35H40N2O8S2. The molecule has 0 aliphatic rings. The summed E-state index contributed by atoms with van der Waals surface area (Å²) in [5.74, 6) is -0.392. The summed E-state index contributed by atoms with van der Waals surface area (Å²) in [6.07, 6.45) is 0.373. The summed E-state index contributed by atoms with van der Waals surface area (Å²) in [5.41, 5.74) is 3.58. The summed E-state index contributed by atoms with van der Waals surface area (Å²) in [5, 5.41) is 32.3. The number of anilines is 2. The molecule has 0 saturated carbocycles. The van der Waals surface area contributed by atoms with Crippen LogP contribution in [0.1, 0.15) is 58.1 Å². The molecule has 0 radical (unpaired) electrons. The first-order chi connectivity index (χ1) is 22.1. The van der Waals surface area contributed by atoms with Crippen molar-refractivity contribution >= 4 is 37.0 Å². The first kappa shape index (κ1) is 35.2. The number of rotatable bonds is 13. The molecule has 10 nitrogen and oxygen atoms in total. The van der Waals surface area contributed by atoms with Crippen molar-refractivity contribution in [2.24, 2.45) is 0 Å². The first-order valence-electron chi connectivity index (χ1n) is 15.1. The molecule has 0 unspecified atom stereocenters. The molecule has 0 aromatic heterocycles. The number of nitrogens with one attached hydrogen (secondary N) is 2. The van der Waals surface area contributed by atoms with Gasteiger partial charge in [-0.3, -0.25) is 9.44 Å². The van der Waals surface area contributed by atoms with E-state index in [0.29, 0.717) is 51.2 Å². The third kappa shape index (κ3) is 8.19. The van der Waals surface area contributed by atoms with E-state index < -0.39 is 20.0 Å². The zero-order valence-electron chi connectivity index (χ0n) is 27.0. The van der Waals surface area contributed by atoms with Crippen LogP contribution in [0.25, 0.3) is 27.8 Å². The van der Waals surface area contributed by atoms with Crippen LogP contribution in [0.15, 0.2) is 73.3 Å². The summed E-state index contributed by atoms with van der Waals surface area (Å²) >= 11 is 0. The van der Waals surface area contributed by atoms with Crippen LogP contribution in [0.5, 0.6) is 28.7 Å². The van der Waals surface area contributed by atoms with Gasteiger partial charge in [0.25, 0.3) is 0 Å². The van der Waals surface area contributed by atoms with Gasteiger partial charge in [0.15, 0.2) is 0 Å². The average molecular weight is 681 g/mol. The van der Waals surface area contributed by atoms with Crippen molar-refractivity contribution in [3.8, 4) is 51.0 Å². The standard InChI is InChI=1S/C35H40N2O8S2/c1-7-15-47(43,44)37-31-16-23(13-14-25(31)28-17-26(21(3)4)32(38)19-33(28)39)45-35-20-34(40)29(18-27(35)22(5)6)24-11-9-10-12-30(24)36-46(41,42)8-2/h9-14,16-20,22,36-40H,3,7-8,15H2,1-2,4-6H3. The maximum atomic E-state index is 12.9. The van der Waals surface area contributed by atoms with Gasteiger partial charge in [0, 0.05) is 46.0 Å². The average Bonchev–Trinajstić information content (AvgIpc) is 2.97. The van der Waals surface area contributed by atoms with E-state index in [-0.39, 0.29) is 51.7 Å². The molecule has 0 bridgehead atoms. The van der Waals surface area contributed by atoms with Gasteiger partial charge in [0.05, 0.1) is 22.9 Å². The van der Waals surface area contributed by atoms with Crippen LogP contribution in [0.4, 0.5) is 11.4 Å². The quantitative estimate of drug-likeness (QED) is 0.0949. The molecular weight excluding hydrogens is 641 g/mol. The Hall–Kier alpha value is -4.68. The maximum absolute atomic E-state index is 12.9. The molecule has 0 fully saturated rings. The summed E-state index contributed by atoms with van der Waals surface area (Å²) in [7, 11) is -7.36. The predicted molar refractivity (Wildman–Crippen MR) is 188 cm³/mol. The second-order valence-corrected chi connectivity index (χ2v) is 15.4. The molecule has 0 aliphatic heterocycles. The van der Waals surface area contributed by atoms with Crippen molar-refractivity contribution in [3.05, 3.63) is 84.4 Å². The Kier molecular flexibility index (Phi) is 10.5. The van der Waals surface area contributed by atoms with E-state index in [1.165, 1.54) is 31.2 Å². The molecule has 0 aliphatic carbocycles. The number of hydrogen-bond donors (Lipinski definition) is 5. The summed E-state index contributed by atoms with van der Waals surface area (Å²) in [4.78, 5) is 0. The molecule has 4 rings (SSSR count). The Balaban J connectivity index is 1.83. The maximum Gasteiger partial charge on any atom is 0.232 e. The van der Waals surface area contributed by atoms with Crippen LogP contribution in [0.3, 0.4) is 0 Å². The molecule has 5 N–H and O–H groups in total. The van der Waals surface area contributed by atoms with Gasteiger partial charge in [-0.15, -0.1) is 0 Å². The Morgan fingerprint density at radius 2 is 1.38 bits per heavy atom. The fraction of sp³-hybridized carbons (Fsp3) is 0.257. The number of phenols is 3. The lowest BCUT2D eigenvalue weighted by molar-refractivity contribution is 0.449.